The van der Waals surface area contributed by atoms with Crippen molar-refractivity contribution in [3.8, 4) is 0 Å². The Kier molecular flexibility index (Phi) is 7.85. The van der Waals surface area contributed by atoms with Gasteiger partial charge in [0.05, 0.1) is 11.4 Å². The third kappa shape index (κ3) is 6.31. The molecule has 0 aliphatic heterocycles. The number of halogens is 2. The largest absolute Gasteiger partial charge is 0.353 e. The van der Waals surface area contributed by atoms with Gasteiger partial charge in [0, 0.05) is 22.1 Å². The van der Waals surface area contributed by atoms with Crippen LogP contribution >= 0.6 is 27.5 Å². The predicted octanol–water partition coefficient (Wildman–Crippen LogP) is 4.21. The molecule has 0 saturated carbocycles. The normalized spacial score (nSPS) is 12.8. The van der Waals surface area contributed by atoms with Gasteiger partial charge in [0.25, 0.3) is 0 Å². The first-order valence-corrected chi connectivity index (χ1v) is 11.1. The van der Waals surface area contributed by atoms with Crippen LogP contribution in [0, 0.1) is 0 Å². The van der Waals surface area contributed by atoms with E-state index in [1.165, 1.54) is 16.4 Å². The molecule has 0 aliphatic rings. The Hall–Kier alpha value is -1.41. The number of nitrogens with zero attached hydrogens (tertiary/aromatic N) is 1. The number of carbonyl (C=O) groups is 1. The third-order valence-corrected chi connectivity index (χ3v) is 6.65. The average molecular weight is 474 g/mol. The second-order valence-electron chi connectivity index (χ2n) is 6.23. The Morgan fingerprint density at radius 3 is 2.30 bits per heavy atom. The Morgan fingerprint density at radius 2 is 1.74 bits per heavy atom. The van der Waals surface area contributed by atoms with Gasteiger partial charge in [-0.05, 0) is 55.3 Å². The van der Waals surface area contributed by atoms with Crippen molar-refractivity contribution in [1.82, 2.24) is 9.62 Å². The first-order chi connectivity index (χ1) is 12.7. The van der Waals surface area contributed by atoms with Crippen molar-refractivity contribution in [2.75, 3.05) is 6.54 Å². The van der Waals surface area contributed by atoms with E-state index in [0.717, 1.165) is 16.5 Å². The molecule has 0 aromatic heterocycles. The number of sulfonamides is 1. The van der Waals surface area contributed by atoms with Crippen LogP contribution in [0.3, 0.4) is 0 Å². The van der Waals surface area contributed by atoms with Crippen LogP contribution in [-0.4, -0.2) is 31.2 Å². The number of hydrogen-bond donors (Lipinski definition) is 1. The molecular weight excluding hydrogens is 452 g/mol. The lowest BCUT2D eigenvalue weighted by Crippen LogP contribution is -2.43. The molecule has 5 nitrogen and oxygen atoms in total. The summed E-state index contributed by atoms with van der Waals surface area (Å²) in [5, 5.41) is 3.38. The van der Waals surface area contributed by atoms with Crippen molar-refractivity contribution >= 4 is 43.5 Å². The van der Waals surface area contributed by atoms with Crippen LogP contribution in [0.15, 0.2) is 57.9 Å². The van der Waals surface area contributed by atoms with Gasteiger partial charge in [-0.1, -0.05) is 46.6 Å². The number of nitrogens with one attached hydrogen (secondary N) is 1. The molecule has 0 aliphatic carbocycles. The highest BCUT2D eigenvalue weighted by Crippen LogP contribution is 2.21. The highest BCUT2D eigenvalue weighted by molar-refractivity contribution is 9.10. The zero-order valence-corrected chi connectivity index (χ0v) is 18.3. The molecule has 0 fully saturated rings. The van der Waals surface area contributed by atoms with Crippen LogP contribution in [0.1, 0.15) is 25.8 Å². The zero-order valence-electron chi connectivity index (χ0n) is 15.2. The van der Waals surface area contributed by atoms with E-state index in [4.69, 9.17) is 11.6 Å². The minimum absolute atomic E-state index is 0.0229. The summed E-state index contributed by atoms with van der Waals surface area (Å²) in [6, 6.07) is 13.2. The number of carbonyl (C=O) groups excluding carboxylic acids is 1. The molecule has 0 radical (unpaired) electrons. The predicted molar refractivity (Wildman–Crippen MR) is 111 cm³/mol. The lowest BCUT2D eigenvalue weighted by molar-refractivity contribution is -0.122. The van der Waals surface area contributed by atoms with Gasteiger partial charge in [-0.3, -0.25) is 4.79 Å². The second kappa shape index (κ2) is 9.68. The Labute approximate surface area is 173 Å². The van der Waals surface area contributed by atoms with E-state index in [9.17, 15) is 13.2 Å². The van der Waals surface area contributed by atoms with Crippen LogP contribution in [0.4, 0.5) is 0 Å². The number of benzene rings is 2. The van der Waals surface area contributed by atoms with E-state index in [1.807, 2.05) is 13.8 Å². The fourth-order valence-corrected chi connectivity index (χ4v) is 4.13. The summed E-state index contributed by atoms with van der Waals surface area (Å²) in [6.07, 6.45) is 0.766. The summed E-state index contributed by atoms with van der Waals surface area (Å²) in [6.45, 7) is 3.65. The number of amides is 1. The molecule has 0 bridgehead atoms. The highest BCUT2D eigenvalue weighted by atomic mass is 79.9. The fraction of sp³-hybridized carbons (Fsp3) is 0.316. The van der Waals surface area contributed by atoms with Crippen LogP contribution in [0.5, 0.6) is 0 Å². The molecule has 1 atom stereocenters. The molecule has 0 spiro atoms. The summed E-state index contributed by atoms with van der Waals surface area (Å²) in [5.41, 5.74) is 0.747. The minimum Gasteiger partial charge on any atom is -0.353 e. The monoisotopic (exact) mass is 472 g/mol. The van der Waals surface area contributed by atoms with Gasteiger partial charge < -0.3 is 5.32 Å². The van der Waals surface area contributed by atoms with E-state index in [0.29, 0.717) is 5.02 Å². The van der Waals surface area contributed by atoms with Crippen molar-refractivity contribution in [3.05, 3.63) is 63.6 Å². The molecular formula is C19H22BrClN2O3S. The van der Waals surface area contributed by atoms with Crippen molar-refractivity contribution in [1.29, 1.82) is 0 Å². The minimum atomic E-state index is -3.85. The Balaban J connectivity index is 2.31. The molecule has 8 heteroatoms. The van der Waals surface area contributed by atoms with Gasteiger partial charge in [0.15, 0.2) is 0 Å². The molecule has 1 N–H and O–H groups in total. The van der Waals surface area contributed by atoms with E-state index in [1.54, 1.807) is 36.4 Å². The Bertz CT molecular complexity index is 871. The van der Waals surface area contributed by atoms with Crippen LogP contribution in [0.2, 0.25) is 5.02 Å². The fourth-order valence-electron chi connectivity index (χ4n) is 2.36. The third-order valence-electron chi connectivity index (χ3n) is 4.06. The molecule has 2 aromatic carbocycles. The lowest BCUT2D eigenvalue weighted by Gasteiger charge is -2.23. The number of hydrogen-bond acceptors (Lipinski definition) is 3. The summed E-state index contributed by atoms with van der Waals surface area (Å²) < 4.78 is 28.2. The van der Waals surface area contributed by atoms with Gasteiger partial charge in [0.2, 0.25) is 15.9 Å². The molecule has 0 saturated heterocycles. The standard InChI is InChI=1S/C19H22BrClN2O3S/c1-3-14(2)22-19(24)13-23(12-15-4-8-17(21)9-5-15)27(25,26)18-10-6-16(20)7-11-18/h4-11,14H,3,12-13H2,1-2H3,(H,22,24)/t14-/m1/s1. The van der Waals surface area contributed by atoms with Gasteiger partial charge in [0.1, 0.15) is 0 Å². The van der Waals surface area contributed by atoms with Gasteiger partial charge in [-0.25, -0.2) is 8.42 Å². The van der Waals surface area contributed by atoms with Crippen LogP contribution in [-0.2, 0) is 21.4 Å². The van der Waals surface area contributed by atoms with E-state index >= 15 is 0 Å². The quantitative estimate of drug-likeness (QED) is 0.624. The van der Waals surface area contributed by atoms with Gasteiger partial charge in [-0.15, -0.1) is 0 Å². The van der Waals surface area contributed by atoms with Crippen molar-refractivity contribution in [2.24, 2.45) is 0 Å². The molecule has 27 heavy (non-hydrogen) atoms. The zero-order chi connectivity index (χ0) is 20.0. The molecule has 146 valence electrons. The van der Waals surface area contributed by atoms with Crippen molar-refractivity contribution < 1.29 is 13.2 Å². The van der Waals surface area contributed by atoms with Crippen LogP contribution in [0.25, 0.3) is 0 Å². The second-order valence-corrected chi connectivity index (χ2v) is 9.52. The van der Waals surface area contributed by atoms with Crippen LogP contribution < -0.4 is 5.32 Å². The molecule has 2 rings (SSSR count). The van der Waals surface area contributed by atoms with Gasteiger partial charge in [-0.2, -0.15) is 4.31 Å². The summed E-state index contributed by atoms with van der Waals surface area (Å²) in [7, 11) is -3.85. The maximum Gasteiger partial charge on any atom is 0.243 e. The van der Waals surface area contributed by atoms with E-state index < -0.39 is 10.0 Å². The molecule has 2 aromatic rings. The summed E-state index contributed by atoms with van der Waals surface area (Å²) in [5.74, 6) is -0.334. The Morgan fingerprint density at radius 1 is 1.15 bits per heavy atom. The topological polar surface area (TPSA) is 66.5 Å². The molecule has 0 unspecified atom stereocenters. The lowest BCUT2D eigenvalue weighted by atomic mass is 10.2. The van der Waals surface area contributed by atoms with E-state index in [2.05, 4.69) is 21.2 Å². The van der Waals surface area contributed by atoms with Gasteiger partial charge >= 0.3 is 0 Å². The molecule has 1 amide bonds. The van der Waals surface area contributed by atoms with E-state index in [-0.39, 0.29) is 29.9 Å². The first kappa shape index (κ1) is 21.9. The number of rotatable bonds is 8. The maximum absolute atomic E-state index is 13.1. The smallest absolute Gasteiger partial charge is 0.243 e. The maximum atomic E-state index is 13.1. The SMILES string of the molecule is CC[C@@H](C)NC(=O)CN(Cc1ccc(Cl)cc1)S(=O)(=O)c1ccc(Br)cc1. The molecule has 0 heterocycles. The summed E-state index contributed by atoms with van der Waals surface area (Å²) >= 11 is 9.21. The van der Waals surface area contributed by atoms with Crippen molar-refractivity contribution in [3.63, 3.8) is 0 Å². The summed E-state index contributed by atoms with van der Waals surface area (Å²) in [4.78, 5) is 12.5. The van der Waals surface area contributed by atoms with Crippen molar-refractivity contribution in [2.45, 2.75) is 37.8 Å². The highest BCUT2D eigenvalue weighted by Gasteiger charge is 2.27. The first-order valence-electron chi connectivity index (χ1n) is 8.52. The average Bonchev–Trinajstić information content (AvgIpc) is 2.63.